The van der Waals surface area contributed by atoms with Gasteiger partial charge in [-0.2, -0.15) is 0 Å². The highest BCUT2D eigenvalue weighted by Gasteiger charge is 2.17. The van der Waals surface area contributed by atoms with E-state index in [1.54, 1.807) is 0 Å². The van der Waals surface area contributed by atoms with Gasteiger partial charge in [-0.25, -0.2) is 4.39 Å². The number of ether oxygens (including phenoxy) is 1. The van der Waals surface area contributed by atoms with Crippen LogP contribution in [0.3, 0.4) is 0 Å². The number of hydrogen-bond acceptors (Lipinski definition) is 3. The fourth-order valence-corrected chi connectivity index (χ4v) is 1.87. The Bertz CT molecular complexity index is 461. The molecule has 0 heterocycles. The van der Waals surface area contributed by atoms with Gasteiger partial charge < -0.3 is 15.2 Å². The molecule has 0 aromatic heterocycles. The minimum atomic E-state index is -1.03. The number of rotatable bonds is 9. The van der Waals surface area contributed by atoms with Crippen LogP contribution < -0.4 is 5.32 Å². The van der Waals surface area contributed by atoms with Crippen LogP contribution >= 0.6 is 0 Å². The Morgan fingerprint density at radius 3 is 2.57 bits per heavy atom. The number of aliphatic carboxylic acids is 1. The van der Waals surface area contributed by atoms with E-state index < -0.39 is 17.8 Å². The lowest BCUT2D eigenvalue weighted by Gasteiger charge is -2.17. The molecular formula is C15H20FNO4. The monoisotopic (exact) mass is 297 g/mol. The van der Waals surface area contributed by atoms with Gasteiger partial charge in [-0.1, -0.05) is 12.1 Å². The average molecular weight is 297 g/mol. The first-order chi connectivity index (χ1) is 10.0. The van der Waals surface area contributed by atoms with Crippen LogP contribution in [0.5, 0.6) is 0 Å². The second-order valence-corrected chi connectivity index (χ2v) is 4.57. The lowest BCUT2D eigenvalue weighted by atomic mass is 10.0. The van der Waals surface area contributed by atoms with E-state index in [1.165, 1.54) is 24.3 Å². The van der Waals surface area contributed by atoms with Gasteiger partial charge in [0.25, 0.3) is 0 Å². The summed E-state index contributed by atoms with van der Waals surface area (Å²) in [6, 6.07) is 4.77. The van der Waals surface area contributed by atoms with E-state index in [0.717, 1.165) is 0 Å². The number of carbonyl (C=O) groups is 2. The molecule has 2 N–H and O–H groups in total. The highest BCUT2D eigenvalue weighted by Crippen LogP contribution is 2.17. The van der Waals surface area contributed by atoms with Crippen LogP contribution in [0.4, 0.5) is 4.39 Å². The normalized spacial score (nSPS) is 11.9. The molecule has 0 radical (unpaired) electrons. The summed E-state index contributed by atoms with van der Waals surface area (Å²) in [4.78, 5) is 22.7. The van der Waals surface area contributed by atoms with Gasteiger partial charge in [-0.15, -0.1) is 0 Å². The Labute approximate surface area is 123 Å². The number of nitrogens with one attached hydrogen (secondary N) is 1. The fraction of sp³-hybridized carbons (Fsp3) is 0.467. The molecular weight excluding hydrogens is 277 g/mol. The molecule has 6 heteroatoms. The molecule has 0 spiro atoms. The third kappa shape index (κ3) is 6.85. The third-order valence-electron chi connectivity index (χ3n) is 2.88. The Hall–Kier alpha value is -1.95. The van der Waals surface area contributed by atoms with Gasteiger partial charge in [-0.05, 0) is 31.0 Å². The average Bonchev–Trinajstić information content (AvgIpc) is 2.43. The predicted octanol–water partition coefficient (Wildman–Crippen LogP) is 2.27. The molecule has 1 unspecified atom stereocenters. The van der Waals surface area contributed by atoms with Crippen molar-refractivity contribution in [3.05, 3.63) is 35.6 Å². The van der Waals surface area contributed by atoms with Crippen LogP contribution in [0.15, 0.2) is 24.3 Å². The van der Waals surface area contributed by atoms with Crippen molar-refractivity contribution in [1.29, 1.82) is 0 Å². The van der Waals surface area contributed by atoms with Crippen LogP contribution in [0.25, 0.3) is 0 Å². The number of benzene rings is 1. The second kappa shape index (κ2) is 9.07. The van der Waals surface area contributed by atoms with Gasteiger partial charge in [0, 0.05) is 19.6 Å². The molecule has 1 aromatic rings. The van der Waals surface area contributed by atoms with Gasteiger partial charge in [-0.3, -0.25) is 9.59 Å². The topological polar surface area (TPSA) is 75.6 Å². The number of hydrogen-bond donors (Lipinski definition) is 2. The molecule has 1 amide bonds. The van der Waals surface area contributed by atoms with E-state index >= 15 is 0 Å². The zero-order valence-corrected chi connectivity index (χ0v) is 12.0. The first-order valence-electron chi connectivity index (χ1n) is 6.87. The van der Waals surface area contributed by atoms with E-state index in [-0.39, 0.29) is 18.7 Å². The number of carboxylic acid groups (broad SMARTS) is 1. The Morgan fingerprint density at radius 1 is 1.33 bits per heavy atom. The van der Waals surface area contributed by atoms with Crippen LogP contribution in [0.1, 0.15) is 37.8 Å². The second-order valence-electron chi connectivity index (χ2n) is 4.57. The van der Waals surface area contributed by atoms with Crippen molar-refractivity contribution < 1.29 is 23.8 Å². The van der Waals surface area contributed by atoms with Gasteiger partial charge in [0.1, 0.15) is 5.82 Å². The van der Waals surface area contributed by atoms with Crippen molar-refractivity contribution in [2.75, 3.05) is 13.2 Å². The van der Waals surface area contributed by atoms with E-state index in [1.807, 2.05) is 6.92 Å². The summed E-state index contributed by atoms with van der Waals surface area (Å²) in [6.45, 7) is 2.96. The summed E-state index contributed by atoms with van der Waals surface area (Å²) in [7, 11) is 0. The molecule has 0 fully saturated rings. The molecule has 0 saturated heterocycles. The first kappa shape index (κ1) is 17.1. The lowest BCUT2D eigenvalue weighted by molar-refractivity contribution is -0.137. The molecule has 1 rings (SSSR count). The summed E-state index contributed by atoms with van der Waals surface area (Å²) in [5.74, 6) is -1.68. The number of amides is 1. The zero-order chi connectivity index (χ0) is 15.7. The summed E-state index contributed by atoms with van der Waals surface area (Å²) in [6.07, 6.45) is 0.586. The minimum absolute atomic E-state index is 0.245. The van der Waals surface area contributed by atoms with E-state index in [2.05, 4.69) is 5.32 Å². The molecule has 1 atom stereocenters. The summed E-state index contributed by atoms with van der Waals surface area (Å²) in [5, 5.41) is 11.6. The molecule has 1 aromatic carbocycles. The Morgan fingerprint density at radius 2 is 2.00 bits per heavy atom. The maximum absolute atomic E-state index is 12.9. The van der Waals surface area contributed by atoms with Crippen molar-refractivity contribution in [3.8, 4) is 0 Å². The molecule has 0 aliphatic rings. The lowest BCUT2D eigenvalue weighted by Crippen LogP contribution is -2.30. The molecule has 0 aliphatic carbocycles. The first-order valence-corrected chi connectivity index (χ1v) is 6.87. The maximum Gasteiger partial charge on any atom is 0.305 e. The van der Waals surface area contributed by atoms with Crippen molar-refractivity contribution in [2.45, 2.75) is 32.2 Å². The van der Waals surface area contributed by atoms with Gasteiger partial charge >= 0.3 is 5.97 Å². The highest BCUT2D eigenvalue weighted by atomic mass is 19.1. The Kier molecular flexibility index (Phi) is 7.39. The van der Waals surface area contributed by atoms with E-state index in [0.29, 0.717) is 25.2 Å². The number of carbonyl (C=O) groups excluding carboxylic acids is 1. The third-order valence-corrected chi connectivity index (χ3v) is 2.88. The smallest absolute Gasteiger partial charge is 0.305 e. The summed E-state index contributed by atoms with van der Waals surface area (Å²) in [5.41, 5.74) is 0.567. The van der Waals surface area contributed by atoms with Crippen LogP contribution in [-0.4, -0.2) is 30.2 Å². The minimum Gasteiger partial charge on any atom is -0.481 e. The Balaban J connectivity index is 2.59. The van der Waals surface area contributed by atoms with Gasteiger partial charge in [0.05, 0.1) is 12.5 Å². The number of carboxylic acids is 1. The highest BCUT2D eigenvalue weighted by molar-refractivity contribution is 5.77. The number of halogens is 1. The predicted molar refractivity (Wildman–Crippen MR) is 75.3 cm³/mol. The van der Waals surface area contributed by atoms with Crippen LogP contribution in [-0.2, 0) is 14.3 Å². The molecule has 5 nitrogen and oxygen atoms in total. The fourth-order valence-electron chi connectivity index (χ4n) is 1.87. The molecule has 116 valence electrons. The summed E-state index contributed by atoms with van der Waals surface area (Å²) < 4.78 is 18.0. The maximum atomic E-state index is 12.9. The zero-order valence-electron chi connectivity index (χ0n) is 12.0. The molecule has 0 bridgehead atoms. The van der Waals surface area contributed by atoms with E-state index in [4.69, 9.17) is 9.84 Å². The van der Waals surface area contributed by atoms with Crippen LogP contribution in [0, 0.1) is 5.82 Å². The SMILES string of the molecule is CCOCCCC(=O)NC(CC(=O)O)c1ccc(F)cc1. The van der Waals surface area contributed by atoms with E-state index in [9.17, 15) is 14.0 Å². The quantitative estimate of drug-likeness (QED) is 0.686. The molecule has 0 aliphatic heterocycles. The van der Waals surface area contributed by atoms with Crippen molar-refractivity contribution in [3.63, 3.8) is 0 Å². The molecule has 21 heavy (non-hydrogen) atoms. The van der Waals surface area contributed by atoms with Crippen molar-refractivity contribution in [1.82, 2.24) is 5.32 Å². The van der Waals surface area contributed by atoms with Gasteiger partial charge in [0.15, 0.2) is 0 Å². The summed E-state index contributed by atoms with van der Waals surface area (Å²) >= 11 is 0. The standard InChI is InChI=1S/C15H20FNO4/c1-2-21-9-3-4-14(18)17-13(10-15(19)20)11-5-7-12(16)8-6-11/h5-8,13H,2-4,9-10H2,1H3,(H,17,18)(H,19,20). The van der Waals surface area contributed by atoms with Crippen molar-refractivity contribution >= 4 is 11.9 Å². The van der Waals surface area contributed by atoms with Crippen molar-refractivity contribution in [2.24, 2.45) is 0 Å². The largest absolute Gasteiger partial charge is 0.481 e. The molecule has 0 saturated carbocycles. The van der Waals surface area contributed by atoms with Crippen LogP contribution in [0.2, 0.25) is 0 Å². The van der Waals surface area contributed by atoms with Gasteiger partial charge in [0.2, 0.25) is 5.91 Å².